The van der Waals surface area contributed by atoms with Gasteiger partial charge in [0.1, 0.15) is 5.82 Å². The summed E-state index contributed by atoms with van der Waals surface area (Å²) >= 11 is 11.9. The molecular weight excluding hydrogens is 377 g/mol. The van der Waals surface area contributed by atoms with Gasteiger partial charge in [-0.2, -0.15) is 0 Å². The van der Waals surface area contributed by atoms with E-state index in [0.29, 0.717) is 34.9 Å². The minimum absolute atomic E-state index is 0.504. The number of aromatic nitrogens is 1. The average molecular weight is 404 g/mol. The second kappa shape index (κ2) is 12.2. The fourth-order valence-electron chi connectivity index (χ4n) is 2.47. The monoisotopic (exact) mass is 403 g/mol. The van der Waals surface area contributed by atoms with Crippen LogP contribution >= 0.6 is 23.2 Å². The molecule has 3 N–H and O–H groups in total. The molecule has 1 saturated heterocycles. The number of halogens is 2. The van der Waals surface area contributed by atoms with E-state index in [1.165, 1.54) is 0 Å². The van der Waals surface area contributed by atoms with Crippen LogP contribution in [0.15, 0.2) is 17.3 Å². The van der Waals surface area contributed by atoms with Crippen LogP contribution in [-0.4, -0.2) is 64.1 Å². The maximum absolute atomic E-state index is 6.07. The molecule has 0 spiro atoms. The Labute approximate surface area is 164 Å². The molecule has 2 rings (SSSR count). The van der Waals surface area contributed by atoms with Crippen molar-refractivity contribution in [2.24, 2.45) is 10.9 Å². The molecule has 1 atom stereocenters. The Bertz CT molecular complexity index is 568. The van der Waals surface area contributed by atoms with E-state index in [2.05, 4.69) is 25.9 Å². The van der Waals surface area contributed by atoms with Gasteiger partial charge in [0.05, 0.1) is 23.3 Å². The van der Waals surface area contributed by atoms with E-state index in [4.69, 9.17) is 32.7 Å². The predicted octanol–water partition coefficient (Wildman–Crippen LogP) is 2.41. The molecule has 1 aliphatic rings. The van der Waals surface area contributed by atoms with Crippen molar-refractivity contribution < 1.29 is 9.47 Å². The van der Waals surface area contributed by atoms with Crippen molar-refractivity contribution in [1.82, 2.24) is 15.6 Å². The smallest absolute Gasteiger partial charge is 0.191 e. The van der Waals surface area contributed by atoms with E-state index < -0.39 is 0 Å². The summed E-state index contributed by atoms with van der Waals surface area (Å²) < 4.78 is 11.0. The lowest BCUT2D eigenvalue weighted by Crippen LogP contribution is -2.40. The third kappa shape index (κ3) is 7.95. The molecule has 0 radical (unpaired) electrons. The first-order valence-corrected chi connectivity index (χ1v) is 9.59. The standard InChI is InChI=1S/C17H27Cl2N5O2/c1-20-17(22-4-2-7-25-11-13-3-8-26-12-13)23-6-5-21-16-15(19)9-14(18)10-24-16/h9-10,13H,2-8,11-12H2,1H3,(H,21,24)(H2,20,22,23). The first kappa shape index (κ1) is 21.0. The molecule has 2 heterocycles. The van der Waals surface area contributed by atoms with Crippen LogP contribution in [-0.2, 0) is 9.47 Å². The highest BCUT2D eigenvalue weighted by atomic mass is 35.5. The predicted molar refractivity (Wildman–Crippen MR) is 106 cm³/mol. The van der Waals surface area contributed by atoms with E-state index in [1.807, 2.05) is 0 Å². The van der Waals surface area contributed by atoms with Crippen molar-refractivity contribution in [1.29, 1.82) is 0 Å². The van der Waals surface area contributed by atoms with Gasteiger partial charge in [0, 0.05) is 52.0 Å². The number of rotatable bonds is 10. The normalized spacial score (nSPS) is 17.3. The minimum atomic E-state index is 0.504. The molecule has 1 aromatic rings. The van der Waals surface area contributed by atoms with Gasteiger partial charge in [0.2, 0.25) is 0 Å². The number of hydrogen-bond donors (Lipinski definition) is 3. The highest BCUT2D eigenvalue weighted by Crippen LogP contribution is 2.21. The summed E-state index contributed by atoms with van der Waals surface area (Å²) in [5, 5.41) is 10.7. The summed E-state index contributed by atoms with van der Waals surface area (Å²) in [6.07, 6.45) is 3.60. The zero-order valence-corrected chi connectivity index (χ0v) is 16.6. The summed E-state index contributed by atoms with van der Waals surface area (Å²) in [5.41, 5.74) is 0. The fourth-order valence-corrected chi connectivity index (χ4v) is 2.92. The second-order valence-corrected chi connectivity index (χ2v) is 6.84. The molecule has 0 amide bonds. The van der Waals surface area contributed by atoms with Crippen LogP contribution in [0.2, 0.25) is 10.0 Å². The van der Waals surface area contributed by atoms with Crippen LogP contribution in [0.4, 0.5) is 5.82 Å². The van der Waals surface area contributed by atoms with E-state index in [9.17, 15) is 0 Å². The lowest BCUT2D eigenvalue weighted by Gasteiger charge is -2.13. The highest BCUT2D eigenvalue weighted by Gasteiger charge is 2.15. The lowest BCUT2D eigenvalue weighted by molar-refractivity contribution is 0.0888. The number of anilines is 1. The van der Waals surface area contributed by atoms with Crippen LogP contribution in [0.1, 0.15) is 12.8 Å². The number of ether oxygens (including phenoxy) is 2. The molecule has 0 bridgehead atoms. The molecule has 1 aliphatic heterocycles. The highest BCUT2D eigenvalue weighted by molar-refractivity contribution is 6.35. The Morgan fingerprint density at radius 3 is 2.92 bits per heavy atom. The molecule has 1 fully saturated rings. The average Bonchev–Trinajstić information content (AvgIpc) is 3.14. The van der Waals surface area contributed by atoms with Gasteiger partial charge >= 0.3 is 0 Å². The van der Waals surface area contributed by atoms with Crippen LogP contribution in [0, 0.1) is 5.92 Å². The summed E-state index contributed by atoms with van der Waals surface area (Å²) in [7, 11) is 1.75. The summed E-state index contributed by atoms with van der Waals surface area (Å²) in [4.78, 5) is 8.34. The number of nitrogens with zero attached hydrogens (tertiary/aromatic N) is 2. The van der Waals surface area contributed by atoms with Gasteiger partial charge < -0.3 is 25.4 Å². The van der Waals surface area contributed by atoms with Gasteiger partial charge in [-0.05, 0) is 18.9 Å². The van der Waals surface area contributed by atoms with Crippen molar-refractivity contribution in [2.45, 2.75) is 12.8 Å². The van der Waals surface area contributed by atoms with Crippen molar-refractivity contribution >= 4 is 35.0 Å². The number of nitrogens with one attached hydrogen (secondary N) is 3. The molecule has 7 nitrogen and oxygen atoms in total. The van der Waals surface area contributed by atoms with Gasteiger partial charge in [0.25, 0.3) is 0 Å². The first-order chi connectivity index (χ1) is 12.7. The molecule has 1 unspecified atom stereocenters. The van der Waals surface area contributed by atoms with Gasteiger partial charge in [-0.15, -0.1) is 0 Å². The quantitative estimate of drug-likeness (QED) is 0.316. The van der Waals surface area contributed by atoms with Gasteiger partial charge in [-0.25, -0.2) is 4.98 Å². The Kier molecular flexibility index (Phi) is 9.84. The molecule has 9 heteroatoms. The van der Waals surface area contributed by atoms with Crippen molar-refractivity contribution in [3.8, 4) is 0 Å². The maximum Gasteiger partial charge on any atom is 0.191 e. The minimum Gasteiger partial charge on any atom is -0.381 e. The maximum atomic E-state index is 6.07. The van der Waals surface area contributed by atoms with Crippen LogP contribution in [0.25, 0.3) is 0 Å². The van der Waals surface area contributed by atoms with Crippen LogP contribution in [0.3, 0.4) is 0 Å². The number of aliphatic imine (C=N–C) groups is 1. The molecule has 0 saturated carbocycles. The zero-order chi connectivity index (χ0) is 18.6. The van der Waals surface area contributed by atoms with Crippen LogP contribution in [0.5, 0.6) is 0 Å². The van der Waals surface area contributed by atoms with Crippen molar-refractivity contribution in [3.05, 3.63) is 22.3 Å². The molecule has 1 aromatic heterocycles. The number of pyridine rings is 1. The van der Waals surface area contributed by atoms with E-state index >= 15 is 0 Å². The number of guanidine groups is 1. The van der Waals surface area contributed by atoms with Crippen molar-refractivity contribution in [2.75, 3.05) is 58.4 Å². The first-order valence-electron chi connectivity index (χ1n) is 8.84. The van der Waals surface area contributed by atoms with E-state index in [-0.39, 0.29) is 0 Å². The topological polar surface area (TPSA) is 79.8 Å². The zero-order valence-electron chi connectivity index (χ0n) is 15.1. The molecular formula is C17H27Cl2N5O2. The Hall–Kier alpha value is -1.28. The molecule has 0 aromatic carbocycles. The SMILES string of the molecule is CN=C(NCCCOCC1CCOC1)NCCNc1ncc(Cl)cc1Cl. The van der Waals surface area contributed by atoms with Crippen molar-refractivity contribution in [3.63, 3.8) is 0 Å². The Morgan fingerprint density at radius 1 is 1.35 bits per heavy atom. The fraction of sp³-hybridized carbons (Fsp3) is 0.647. The second-order valence-electron chi connectivity index (χ2n) is 5.99. The summed E-state index contributed by atoms with van der Waals surface area (Å²) in [6, 6.07) is 1.66. The van der Waals surface area contributed by atoms with Crippen LogP contribution < -0.4 is 16.0 Å². The molecule has 146 valence electrons. The van der Waals surface area contributed by atoms with E-state index in [1.54, 1.807) is 19.3 Å². The molecule has 26 heavy (non-hydrogen) atoms. The summed E-state index contributed by atoms with van der Waals surface area (Å²) in [6.45, 7) is 5.37. The molecule has 0 aliphatic carbocycles. The van der Waals surface area contributed by atoms with Gasteiger partial charge in [-0.3, -0.25) is 4.99 Å². The summed E-state index contributed by atoms with van der Waals surface area (Å²) in [5.74, 6) is 1.94. The third-order valence-corrected chi connectivity index (χ3v) is 4.37. The lowest BCUT2D eigenvalue weighted by atomic mass is 10.1. The van der Waals surface area contributed by atoms with E-state index in [0.717, 1.165) is 51.8 Å². The Balaban J connectivity index is 1.50. The Morgan fingerprint density at radius 2 is 2.19 bits per heavy atom. The van der Waals surface area contributed by atoms with Gasteiger partial charge in [-0.1, -0.05) is 23.2 Å². The largest absolute Gasteiger partial charge is 0.381 e. The number of hydrogen-bond acceptors (Lipinski definition) is 5. The third-order valence-electron chi connectivity index (χ3n) is 3.88. The van der Waals surface area contributed by atoms with Gasteiger partial charge in [0.15, 0.2) is 5.96 Å².